The van der Waals surface area contributed by atoms with Gasteiger partial charge in [0.15, 0.2) is 5.78 Å². The fourth-order valence-corrected chi connectivity index (χ4v) is 4.47. The number of fused-ring (bicyclic) bond motifs is 1. The molecule has 3 rings (SSSR count). The van der Waals surface area contributed by atoms with E-state index in [9.17, 15) is 14.0 Å². The largest absolute Gasteiger partial charge is 0.326 e. The van der Waals surface area contributed by atoms with Crippen LogP contribution in [0.15, 0.2) is 38.0 Å². The molecule has 3 aromatic rings. The Hall–Kier alpha value is -1.44. The van der Waals surface area contributed by atoms with E-state index in [2.05, 4.69) is 36.8 Å². The van der Waals surface area contributed by atoms with Crippen LogP contribution in [-0.2, 0) is 6.54 Å². The maximum Gasteiger partial charge on any atom is 0.326 e. The Morgan fingerprint density at radius 2 is 2.04 bits per heavy atom. The van der Waals surface area contributed by atoms with E-state index >= 15 is 0 Å². The molecule has 124 valence electrons. The van der Waals surface area contributed by atoms with E-state index in [1.54, 1.807) is 6.07 Å². The van der Waals surface area contributed by atoms with E-state index in [4.69, 9.17) is 11.6 Å². The van der Waals surface area contributed by atoms with Gasteiger partial charge in [-0.25, -0.2) is 9.18 Å². The van der Waals surface area contributed by atoms with Crippen LogP contribution in [0.5, 0.6) is 0 Å². The van der Waals surface area contributed by atoms with Gasteiger partial charge in [-0.15, -0.1) is 0 Å². The maximum absolute atomic E-state index is 13.5. The van der Waals surface area contributed by atoms with Crippen LogP contribution in [0, 0.1) is 5.82 Å². The van der Waals surface area contributed by atoms with E-state index in [-0.39, 0.29) is 21.8 Å². The Bertz CT molecular complexity index is 1040. The third-order valence-electron chi connectivity index (χ3n) is 3.67. The highest BCUT2D eigenvalue weighted by Gasteiger charge is 2.23. The van der Waals surface area contributed by atoms with Crippen molar-refractivity contribution in [1.82, 2.24) is 9.55 Å². The number of halogens is 4. The first-order chi connectivity index (χ1) is 11.3. The third-order valence-corrected chi connectivity index (χ3v) is 5.39. The Labute approximate surface area is 157 Å². The lowest BCUT2D eigenvalue weighted by Gasteiger charge is -2.11. The van der Waals surface area contributed by atoms with Gasteiger partial charge in [-0.1, -0.05) is 11.6 Å². The number of aromatic amines is 1. The Morgan fingerprint density at radius 1 is 1.33 bits per heavy atom. The lowest BCUT2D eigenvalue weighted by molar-refractivity contribution is 0.103. The summed E-state index contributed by atoms with van der Waals surface area (Å²) in [7, 11) is 0. The first-order valence-electron chi connectivity index (χ1n) is 6.95. The third kappa shape index (κ3) is 2.74. The average molecular weight is 477 g/mol. The number of nitrogens with one attached hydrogen (secondary N) is 1. The zero-order chi connectivity index (χ0) is 17.6. The molecular formula is C16H10Br2ClFN2O2. The van der Waals surface area contributed by atoms with Crippen molar-refractivity contribution in [3.05, 3.63) is 65.7 Å². The van der Waals surface area contributed by atoms with Crippen LogP contribution in [-0.4, -0.2) is 15.3 Å². The molecular weight excluding hydrogens is 466 g/mol. The van der Waals surface area contributed by atoms with E-state index in [0.717, 1.165) is 6.07 Å². The highest BCUT2D eigenvalue weighted by molar-refractivity contribution is 9.11. The first kappa shape index (κ1) is 17.4. The van der Waals surface area contributed by atoms with Crippen molar-refractivity contribution in [3.63, 3.8) is 0 Å². The van der Waals surface area contributed by atoms with Crippen molar-refractivity contribution < 1.29 is 9.18 Å². The molecule has 0 spiro atoms. The number of benzene rings is 2. The molecule has 1 N–H and O–H groups in total. The number of rotatable bonds is 3. The molecule has 1 aromatic heterocycles. The molecule has 0 saturated heterocycles. The van der Waals surface area contributed by atoms with Crippen molar-refractivity contribution in [1.29, 1.82) is 0 Å². The second-order valence-electron chi connectivity index (χ2n) is 5.07. The van der Waals surface area contributed by atoms with Crippen molar-refractivity contribution in [2.75, 3.05) is 0 Å². The average Bonchev–Trinajstić information content (AvgIpc) is 2.84. The van der Waals surface area contributed by atoms with E-state index in [1.165, 1.54) is 16.7 Å². The summed E-state index contributed by atoms with van der Waals surface area (Å²) in [5.41, 5.74) is 1.21. The summed E-state index contributed by atoms with van der Waals surface area (Å²) < 4.78 is 15.9. The minimum absolute atomic E-state index is 0.0540. The van der Waals surface area contributed by atoms with E-state index < -0.39 is 11.6 Å². The van der Waals surface area contributed by atoms with Crippen molar-refractivity contribution in [2.45, 2.75) is 13.5 Å². The zero-order valence-electron chi connectivity index (χ0n) is 12.3. The van der Waals surface area contributed by atoms with Crippen LogP contribution in [0.3, 0.4) is 0 Å². The SMILES string of the molecule is CCn1c(=O)[nH]c2cc(Br)c(C(=O)c3cc(F)ccc3Cl)c(Br)c21. The summed E-state index contributed by atoms with van der Waals surface area (Å²) in [5, 5.41) is 0.155. The van der Waals surface area contributed by atoms with Crippen molar-refractivity contribution >= 4 is 60.3 Å². The minimum atomic E-state index is -0.553. The van der Waals surface area contributed by atoms with Crippen LogP contribution < -0.4 is 5.69 Å². The van der Waals surface area contributed by atoms with Gasteiger partial charge in [-0.3, -0.25) is 9.36 Å². The van der Waals surface area contributed by atoms with Crippen LogP contribution in [0.4, 0.5) is 4.39 Å². The fraction of sp³-hybridized carbons (Fsp3) is 0.125. The predicted octanol–water partition coefficient (Wildman–Crippen LogP) is 4.90. The van der Waals surface area contributed by atoms with Gasteiger partial charge in [0.05, 0.1) is 26.1 Å². The van der Waals surface area contributed by atoms with Crippen LogP contribution in [0.25, 0.3) is 11.0 Å². The summed E-state index contributed by atoms with van der Waals surface area (Å²) in [5.74, 6) is -1.00. The van der Waals surface area contributed by atoms with Gasteiger partial charge < -0.3 is 4.98 Å². The highest BCUT2D eigenvalue weighted by Crippen LogP contribution is 2.35. The summed E-state index contributed by atoms with van der Waals surface area (Å²) >= 11 is 12.8. The van der Waals surface area contributed by atoms with E-state index in [0.29, 0.717) is 26.5 Å². The maximum atomic E-state index is 13.5. The molecule has 0 aliphatic carbocycles. The number of nitrogens with zero attached hydrogens (tertiary/aromatic N) is 1. The number of hydrogen-bond donors (Lipinski definition) is 1. The first-order valence-corrected chi connectivity index (χ1v) is 8.91. The molecule has 8 heteroatoms. The zero-order valence-corrected chi connectivity index (χ0v) is 16.2. The topological polar surface area (TPSA) is 54.9 Å². The number of ketones is 1. The predicted molar refractivity (Wildman–Crippen MR) is 98.5 cm³/mol. The molecule has 1 heterocycles. The summed E-state index contributed by atoms with van der Waals surface area (Å²) in [4.78, 5) is 27.6. The number of aryl methyl sites for hydroxylation is 1. The summed E-state index contributed by atoms with van der Waals surface area (Å²) in [6, 6.07) is 5.27. The normalized spacial score (nSPS) is 11.2. The molecule has 2 aromatic carbocycles. The minimum Gasteiger partial charge on any atom is -0.305 e. The molecule has 0 saturated carbocycles. The standard InChI is InChI=1S/C16H10Br2ClFN2O2/c1-2-22-14-11(21-16(22)24)6-9(17)12(13(14)18)15(23)8-5-7(20)3-4-10(8)19/h3-6H,2H2,1H3,(H,21,24). The van der Waals surface area contributed by atoms with Gasteiger partial charge in [-0.05, 0) is 63.0 Å². The lowest BCUT2D eigenvalue weighted by Crippen LogP contribution is -2.15. The Balaban J connectivity index is 2.31. The molecule has 0 fully saturated rings. The van der Waals surface area contributed by atoms with Crippen LogP contribution in [0.1, 0.15) is 22.8 Å². The monoisotopic (exact) mass is 474 g/mol. The number of H-pyrrole nitrogens is 1. The van der Waals surface area contributed by atoms with Gasteiger partial charge >= 0.3 is 5.69 Å². The Kier molecular flexibility index (Phi) is 4.68. The molecule has 4 nitrogen and oxygen atoms in total. The molecule has 24 heavy (non-hydrogen) atoms. The summed E-state index contributed by atoms with van der Waals surface area (Å²) in [6.45, 7) is 2.27. The van der Waals surface area contributed by atoms with Gasteiger partial charge in [0.1, 0.15) is 5.82 Å². The number of carbonyl (C=O) groups excluding carboxylic acids is 1. The fourth-order valence-electron chi connectivity index (χ4n) is 2.57. The highest BCUT2D eigenvalue weighted by atomic mass is 79.9. The van der Waals surface area contributed by atoms with Crippen molar-refractivity contribution in [3.8, 4) is 0 Å². The quantitative estimate of drug-likeness (QED) is 0.547. The molecule has 0 aliphatic rings. The molecule has 0 atom stereocenters. The number of imidazole rings is 1. The molecule has 0 aliphatic heterocycles. The smallest absolute Gasteiger partial charge is 0.305 e. The van der Waals surface area contributed by atoms with Gasteiger partial charge in [-0.2, -0.15) is 0 Å². The summed E-state index contributed by atoms with van der Waals surface area (Å²) in [6.07, 6.45) is 0. The molecule has 0 bridgehead atoms. The van der Waals surface area contributed by atoms with Crippen LogP contribution >= 0.6 is 43.5 Å². The second-order valence-corrected chi connectivity index (χ2v) is 7.13. The van der Waals surface area contributed by atoms with Gasteiger partial charge in [0, 0.05) is 16.6 Å². The van der Waals surface area contributed by atoms with Gasteiger partial charge in [0.25, 0.3) is 0 Å². The van der Waals surface area contributed by atoms with E-state index in [1.807, 2.05) is 6.92 Å². The lowest BCUT2D eigenvalue weighted by atomic mass is 10.0. The number of carbonyl (C=O) groups is 1. The van der Waals surface area contributed by atoms with Gasteiger partial charge in [0.2, 0.25) is 0 Å². The molecule has 0 unspecified atom stereocenters. The molecule has 0 amide bonds. The number of hydrogen-bond acceptors (Lipinski definition) is 2. The Morgan fingerprint density at radius 3 is 2.71 bits per heavy atom. The van der Waals surface area contributed by atoms with Crippen LogP contribution in [0.2, 0.25) is 5.02 Å². The molecule has 0 radical (unpaired) electrons. The second kappa shape index (κ2) is 6.46. The van der Waals surface area contributed by atoms with Crippen molar-refractivity contribution in [2.24, 2.45) is 0 Å². The number of aromatic nitrogens is 2.